The van der Waals surface area contributed by atoms with Crippen molar-refractivity contribution in [3.63, 3.8) is 0 Å². The second-order valence-corrected chi connectivity index (χ2v) is 4.54. The molecule has 1 heterocycles. The SMILES string of the molecule is CCN(CC)c1ccc([C@@H]2CCC[NH2+]2)cc1. The summed E-state index contributed by atoms with van der Waals surface area (Å²) in [7, 11) is 0. The highest BCUT2D eigenvalue weighted by Crippen LogP contribution is 2.21. The van der Waals surface area contributed by atoms with Crippen LogP contribution >= 0.6 is 0 Å². The quantitative estimate of drug-likeness (QED) is 0.820. The fourth-order valence-corrected chi connectivity index (χ4v) is 2.60. The summed E-state index contributed by atoms with van der Waals surface area (Å²) in [5.41, 5.74) is 2.85. The van der Waals surface area contributed by atoms with E-state index in [1.165, 1.54) is 30.6 Å². The molecule has 1 aliphatic heterocycles. The Kier molecular flexibility index (Phi) is 3.83. The Labute approximate surface area is 98.7 Å². The average Bonchev–Trinajstić information content (AvgIpc) is 2.85. The number of nitrogens with zero attached hydrogens (tertiary/aromatic N) is 1. The van der Waals surface area contributed by atoms with Gasteiger partial charge in [-0.25, -0.2) is 0 Å². The normalized spacial score (nSPS) is 20.0. The molecule has 1 atom stereocenters. The Morgan fingerprint density at radius 3 is 2.38 bits per heavy atom. The Hall–Kier alpha value is -1.02. The standard InChI is InChI=1S/C14H22N2/c1-3-16(4-2)13-9-7-12(8-10-13)14-6-5-11-15-14/h7-10,14-15H,3-6,11H2,1-2H3/p+1/t14-/m0/s1. The van der Waals surface area contributed by atoms with Gasteiger partial charge >= 0.3 is 0 Å². The van der Waals surface area contributed by atoms with E-state index >= 15 is 0 Å². The molecule has 1 aliphatic rings. The summed E-state index contributed by atoms with van der Waals surface area (Å²) in [6.07, 6.45) is 2.70. The molecule has 1 aromatic carbocycles. The van der Waals surface area contributed by atoms with Gasteiger partial charge in [0.05, 0.1) is 6.54 Å². The Bertz CT molecular complexity index is 287. The molecule has 16 heavy (non-hydrogen) atoms. The molecule has 2 nitrogen and oxygen atoms in total. The summed E-state index contributed by atoms with van der Waals surface area (Å²) < 4.78 is 0. The lowest BCUT2D eigenvalue weighted by Crippen LogP contribution is -2.81. The number of nitrogens with two attached hydrogens (primary N) is 1. The van der Waals surface area contributed by atoms with Crippen molar-refractivity contribution >= 4 is 5.69 Å². The largest absolute Gasteiger partial charge is 0.372 e. The number of hydrogen-bond donors (Lipinski definition) is 1. The van der Waals surface area contributed by atoms with E-state index in [1.54, 1.807) is 0 Å². The first kappa shape index (κ1) is 11.5. The van der Waals surface area contributed by atoms with Crippen LogP contribution in [0.2, 0.25) is 0 Å². The first-order chi connectivity index (χ1) is 7.85. The lowest BCUT2D eigenvalue weighted by Gasteiger charge is -2.21. The third kappa shape index (κ3) is 2.38. The van der Waals surface area contributed by atoms with Crippen molar-refractivity contribution in [1.29, 1.82) is 0 Å². The predicted octanol–water partition coefficient (Wildman–Crippen LogP) is 1.93. The maximum absolute atomic E-state index is 2.46. The van der Waals surface area contributed by atoms with Crippen molar-refractivity contribution in [2.75, 3.05) is 24.5 Å². The van der Waals surface area contributed by atoms with Crippen molar-refractivity contribution in [2.45, 2.75) is 32.7 Å². The monoisotopic (exact) mass is 219 g/mol. The molecule has 0 saturated carbocycles. The second kappa shape index (κ2) is 5.35. The molecular formula is C14H23N2+. The minimum absolute atomic E-state index is 0.714. The molecular weight excluding hydrogens is 196 g/mol. The Morgan fingerprint density at radius 2 is 1.88 bits per heavy atom. The third-order valence-electron chi connectivity index (χ3n) is 3.62. The van der Waals surface area contributed by atoms with E-state index < -0.39 is 0 Å². The minimum atomic E-state index is 0.714. The molecule has 1 saturated heterocycles. The molecule has 0 aliphatic carbocycles. The molecule has 0 radical (unpaired) electrons. The summed E-state index contributed by atoms with van der Waals surface area (Å²) in [4.78, 5) is 2.39. The van der Waals surface area contributed by atoms with Crippen LogP contribution in [0.4, 0.5) is 5.69 Å². The zero-order chi connectivity index (χ0) is 11.4. The molecule has 2 heteroatoms. The summed E-state index contributed by atoms with van der Waals surface area (Å²) in [5.74, 6) is 0. The lowest BCUT2D eigenvalue weighted by molar-refractivity contribution is -0.676. The van der Waals surface area contributed by atoms with Gasteiger partial charge in [0.2, 0.25) is 0 Å². The molecule has 0 amide bonds. The number of hydrogen-bond acceptors (Lipinski definition) is 1. The maximum Gasteiger partial charge on any atom is 0.112 e. The molecule has 0 aromatic heterocycles. The van der Waals surface area contributed by atoms with E-state index in [9.17, 15) is 0 Å². The van der Waals surface area contributed by atoms with Gasteiger partial charge in [-0.15, -0.1) is 0 Å². The van der Waals surface area contributed by atoms with Crippen LogP contribution < -0.4 is 10.2 Å². The van der Waals surface area contributed by atoms with Crippen molar-refractivity contribution < 1.29 is 5.32 Å². The number of benzene rings is 1. The molecule has 2 rings (SSSR count). The topological polar surface area (TPSA) is 19.9 Å². The molecule has 1 aromatic rings. The van der Waals surface area contributed by atoms with E-state index in [2.05, 4.69) is 48.3 Å². The molecule has 0 spiro atoms. The third-order valence-corrected chi connectivity index (χ3v) is 3.62. The molecule has 1 fully saturated rings. The van der Waals surface area contributed by atoms with E-state index in [1.807, 2.05) is 0 Å². The van der Waals surface area contributed by atoms with Crippen LogP contribution in [0.15, 0.2) is 24.3 Å². The molecule has 0 bridgehead atoms. The Balaban J connectivity index is 2.09. The van der Waals surface area contributed by atoms with Gasteiger partial charge in [-0.2, -0.15) is 0 Å². The van der Waals surface area contributed by atoms with Crippen LogP contribution in [0.3, 0.4) is 0 Å². The molecule has 88 valence electrons. The number of quaternary nitrogens is 1. The van der Waals surface area contributed by atoms with Crippen molar-refractivity contribution in [3.05, 3.63) is 29.8 Å². The van der Waals surface area contributed by atoms with Crippen molar-refractivity contribution in [1.82, 2.24) is 0 Å². The van der Waals surface area contributed by atoms with E-state index in [4.69, 9.17) is 0 Å². The van der Waals surface area contributed by atoms with Gasteiger partial charge in [-0.05, 0) is 26.0 Å². The van der Waals surface area contributed by atoms with E-state index in [-0.39, 0.29) is 0 Å². The van der Waals surface area contributed by atoms with Crippen LogP contribution in [0.1, 0.15) is 38.3 Å². The van der Waals surface area contributed by atoms with Gasteiger partial charge < -0.3 is 10.2 Å². The number of rotatable bonds is 4. The first-order valence-corrected chi connectivity index (χ1v) is 6.53. The maximum atomic E-state index is 2.46. The van der Waals surface area contributed by atoms with Crippen LogP contribution in [0.5, 0.6) is 0 Å². The molecule has 0 unspecified atom stereocenters. The Morgan fingerprint density at radius 1 is 1.19 bits per heavy atom. The fraction of sp³-hybridized carbons (Fsp3) is 0.571. The van der Waals surface area contributed by atoms with Crippen LogP contribution in [0, 0.1) is 0 Å². The van der Waals surface area contributed by atoms with Gasteiger partial charge in [0.15, 0.2) is 0 Å². The highest BCUT2D eigenvalue weighted by molar-refractivity contribution is 5.47. The van der Waals surface area contributed by atoms with Gasteiger partial charge in [0.1, 0.15) is 6.04 Å². The van der Waals surface area contributed by atoms with Gasteiger partial charge in [0.25, 0.3) is 0 Å². The van der Waals surface area contributed by atoms with Crippen LogP contribution in [0.25, 0.3) is 0 Å². The summed E-state index contributed by atoms with van der Waals surface area (Å²) in [6, 6.07) is 9.87. The van der Waals surface area contributed by atoms with Gasteiger partial charge in [-0.1, -0.05) is 12.1 Å². The second-order valence-electron chi connectivity index (χ2n) is 4.54. The smallest absolute Gasteiger partial charge is 0.112 e. The zero-order valence-electron chi connectivity index (χ0n) is 10.4. The minimum Gasteiger partial charge on any atom is -0.372 e. The zero-order valence-corrected chi connectivity index (χ0v) is 10.4. The van der Waals surface area contributed by atoms with E-state index in [0.29, 0.717) is 6.04 Å². The molecule has 2 N–H and O–H groups in total. The van der Waals surface area contributed by atoms with Crippen LogP contribution in [-0.2, 0) is 0 Å². The van der Waals surface area contributed by atoms with Crippen molar-refractivity contribution in [2.24, 2.45) is 0 Å². The van der Waals surface area contributed by atoms with Crippen LogP contribution in [-0.4, -0.2) is 19.6 Å². The summed E-state index contributed by atoms with van der Waals surface area (Å²) >= 11 is 0. The first-order valence-electron chi connectivity index (χ1n) is 6.53. The fourth-order valence-electron chi connectivity index (χ4n) is 2.60. The number of anilines is 1. The highest BCUT2D eigenvalue weighted by atomic mass is 15.1. The van der Waals surface area contributed by atoms with Crippen molar-refractivity contribution in [3.8, 4) is 0 Å². The highest BCUT2D eigenvalue weighted by Gasteiger charge is 2.19. The predicted molar refractivity (Wildman–Crippen MR) is 68.8 cm³/mol. The van der Waals surface area contributed by atoms with Gasteiger partial charge in [0, 0.05) is 37.2 Å². The summed E-state index contributed by atoms with van der Waals surface area (Å²) in [6.45, 7) is 7.89. The van der Waals surface area contributed by atoms with Gasteiger partial charge in [-0.3, -0.25) is 0 Å². The summed E-state index contributed by atoms with van der Waals surface area (Å²) in [5, 5.41) is 2.46. The lowest BCUT2D eigenvalue weighted by atomic mass is 10.0. The van der Waals surface area contributed by atoms with E-state index in [0.717, 1.165) is 13.1 Å². The average molecular weight is 219 g/mol.